The molecule has 7 nitrogen and oxygen atoms in total. The number of carboxylic acid groups (broad SMARTS) is 1. The lowest BCUT2D eigenvalue weighted by atomic mass is 10.3. The van der Waals surface area contributed by atoms with Gasteiger partial charge in [-0.2, -0.15) is 4.31 Å². The van der Waals surface area contributed by atoms with E-state index in [1.54, 1.807) is 6.92 Å². The van der Waals surface area contributed by atoms with E-state index in [1.807, 2.05) is 0 Å². The Morgan fingerprint density at radius 2 is 1.94 bits per heavy atom. The third-order valence-electron chi connectivity index (χ3n) is 2.07. The van der Waals surface area contributed by atoms with Gasteiger partial charge in [-0.1, -0.05) is 6.92 Å². The Morgan fingerprint density at radius 3 is 2.35 bits per heavy atom. The molecule has 0 fully saturated rings. The summed E-state index contributed by atoms with van der Waals surface area (Å²) in [4.78, 5) is 21.3. The lowest BCUT2D eigenvalue weighted by Crippen LogP contribution is -2.37. The summed E-state index contributed by atoms with van der Waals surface area (Å²) in [5.74, 6) is -1.98. The number of aliphatic carboxylic acids is 1. The zero-order valence-corrected chi connectivity index (χ0v) is 10.7. The summed E-state index contributed by atoms with van der Waals surface area (Å²) >= 11 is 0. The van der Waals surface area contributed by atoms with Crippen LogP contribution >= 0.6 is 0 Å². The van der Waals surface area contributed by atoms with Crippen LogP contribution in [0.25, 0.3) is 0 Å². The number of hydrogen-bond acceptors (Lipinski definition) is 5. The van der Waals surface area contributed by atoms with Crippen molar-refractivity contribution in [2.75, 3.05) is 26.0 Å². The average molecular weight is 267 g/mol. The number of rotatable bonds is 8. The zero-order valence-electron chi connectivity index (χ0n) is 9.88. The van der Waals surface area contributed by atoms with Crippen LogP contribution in [0.15, 0.2) is 0 Å². The topological polar surface area (TPSA) is 101 Å². The van der Waals surface area contributed by atoms with Gasteiger partial charge in [-0.15, -0.1) is 0 Å². The minimum atomic E-state index is -3.60. The highest BCUT2D eigenvalue weighted by molar-refractivity contribution is 7.89. The Labute approximate surface area is 100 Å². The molecule has 0 spiro atoms. The molecule has 0 aromatic carbocycles. The lowest BCUT2D eigenvalue weighted by Gasteiger charge is -2.18. The molecule has 0 saturated carbocycles. The fourth-order valence-electron chi connectivity index (χ4n) is 1.15. The van der Waals surface area contributed by atoms with Crippen molar-refractivity contribution >= 4 is 22.0 Å². The molecule has 0 saturated heterocycles. The first-order valence-electron chi connectivity index (χ1n) is 5.10. The SMILES string of the molecule is CCN(CC(=O)OC)S(=O)(=O)CCCC(=O)O. The number of methoxy groups -OCH3 is 1. The number of ether oxygens (including phenoxy) is 1. The summed E-state index contributed by atoms with van der Waals surface area (Å²) in [6.45, 7) is 1.39. The predicted octanol–water partition coefficient (Wildman–Crippen LogP) is -0.324. The van der Waals surface area contributed by atoms with Crippen LogP contribution in [0.3, 0.4) is 0 Å². The minimum absolute atomic E-state index is 0.0232. The molecule has 17 heavy (non-hydrogen) atoms. The quantitative estimate of drug-likeness (QED) is 0.605. The average Bonchev–Trinajstić information content (AvgIpc) is 2.24. The van der Waals surface area contributed by atoms with E-state index in [4.69, 9.17) is 5.11 Å². The second kappa shape index (κ2) is 7.23. The van der Waals surface area contributed by atoms with Crippen molar-refractivity contribution in [1.29, 1.82) is 0 Å². The van der Waals surface area contributed by atoms with E-state index in [0.717, 1.165) is 4.31 Å². The second-order valence-electron chi connectivity index (χ2n) is 3.32. The highest BCUT2D eigenvalue weighted by Crippen LogP contribution is 2.05. The summed E-state index contributed by atoms with van der Waals surface area (Å²) in [7, 11) is -2.43. The molecule has 0 aromatic rings. The third kappa shape index (κ3) is 6.22. The normalized spacial score (nSPS) is 11.5. The maximum absolute atomic E-state index is 11.7. The van der Waals surface area contributed by atoms with Crippen molar-refractivity contribution in [3.05, 3.63) is 0 Å². The van der Waals surface area contributed by atoms with Crippen LogP contribution in [-0.4, -0.2) is 55.7 Å². The largest absolute Gasteiger partial charge is 0.481 e. The van der Waals surface area contributed by atoms with E-state index in [-0.39, 0.29) is 31.7 Å². The van der Waals surface area contributed by atoms with Crippen molar-refractivity contribution in [3.8, 4) is 0 Å². The van der Waals surface area contributed by atoms with Crippen LogP contribution in [0.1, 0.15) is 19.8 Å². The summed E-state index contributed by atoms with van der Waals surface area (Å²) < 4.78 is 28.8. The zero-order chi connectivity index (χ0) is 13.5. The fourth-order valence-corrected chi connectivity index (χ4v) is 2.61. The van der Waals surface area contributed by atoms with E-state index in [9.17, 15) is 18.0 Å². The van der Waals surface area contributed by atoms with Crippen LogP contribution < -0.4 is 0 Å². The Bertz CT molecular complexity index is 364. The molecule has 0 aromatic heterocycles. The molecule has 0 aliphatic heterocycles. The van der Waals surface area contributed by atoms with Crippen LogP contribution in [0.5, 0.6) is 0 Å². The Hall–Kier alpha value is -1.15. The molecule has 0 aliphatic rings. The maximum atomic E-state index is 11.7. The van der Waals surface area contributed by atoms with Gasteiger partial charge in [0, 0.05) is 13.0 Å². The molecule has 0 bridgehead atoms. The molecule has 0 amide bonds. The Morgan fingerprint density at radius 1 is 1.35 bits per heavy atom. The van der Waals surface area contributed by atoms with E-state index >= 15 is 0 Å². The number of carbonyl (C=O) groups is 2. The summed E-state index contributed by atoms with van der Waals surface area (Å²) in [5, 5.41) is 8.41. The van der Waals surface area contributed by atoms with Crippen LogP contribution in [0.4, 0.5) is 0 Å². The third-order valence-corrected chi connectivity index (χ3v) is 4.05. The molecule has 1 N–H and O–H groups in total. The molecular formula is C9H17NO6S. The Kier molecular flexibility index (Phi) is 6.74. The second-order valence-corrected chi connectivity index (χ2v) is 5.40. The van der Waals surface area contributed by atoms with Crippen molar-refractivity contribution in [2.24, 2.45) is 0 Å². The van der Waals surface area contributed by atoms with Crippen LogP contribution in [0, 0.1) is 0 Å². The molecule has 0 aliphatic carbocycles. The van der Waals surface area contributed by atoms with Gasteiger partial charge in [0.1, 0.15) is 6.54 Å². The highest BCUT2D eigenvalue weighted by atomic mass is 32.2. The molecule has 0 unspecified atom stereocenters. The molecule has 100 valence electrons. The molecule has 8 heteroatoms. The lowest BCUT2D eigenvalue weighted by molar-refractivity contribution is -0.141. The fraction of sp³-hybridized carbons (Fsp3) is 0.778. The van der Waals surface area contributed by atoms with E-state index in [0.29, 0.717) is 0 Å². The number of sulfonamides is 1. The number of esters is 1. The van der Waals surface area contributed by atoms with Gasteiger partial charge in [-0.25, -0.2) is 8.42 Å². The molecule has 0 atom stereocenters. The van der Waals surface area contributed by atoms with E-state index in [1.165, 1.54) is 7.11 Å². The maximum Gasteiger partial charge on any atom is 0.321 e. The van der Waals surface area contributed by atoms with Gasteiger partial charge in [0.25, 0.3) is 0 Å². The summed E-state index contributed by atoms with van der Waals surface area (Å²) in [6, 6.07) is 0. The minimum Gasteiger partial charge on any atom is -0.481 e. The van der Waals surface area contributed by atoms with Crippen molar-refractivity contribution in [2.45, 2.75) is 19.8 Å². The highest BCUT2D eigenvalue weighted by Gasteiger charge is 2.23. The first-order chi connectivity index (χ1) is 7.83. The predicted molar refractivity (Wildman–Crippen MR) is 59.9 cm³/mol. The molecule has 0 rings (SSSR count). The standard InChI is InChI=1S/C9H17NO6S/c1-3-10(7-9(13)16-2)17(14,15)6-4-5-8(11)12/h3-7H2,1-2H3,(H,11,12). The van der Waals surface area contributed by atoms with Crippen LogP contribution in [-0.2, 0) is 24.3 Å². The van der Waals surface area contributed by atoms with E-state index < -0.39 is 22.0 Å². The monoisotopic (exact) mass is 267 g/mol. The van der Waals surface area contributed by atoms with Gasteiger partial charge < -0.3 is 9.84 Å². The molecule has 0 radical (unpaired) electrons. The molecule has 0 heterocycles. The van der Waals surface area contributed by atoms with Crippen molar-refractivity contribution in [1.82, 2.24) is 4.31 Å². The van der Waals surface area contributed by atoms with Crippen LogP contribution in [0.2, 0.25) is 0 Å². The summed E-state index contributed by atoms with van der Waals surface area (Å²) in [5.41, 5.74) is 0. The summed E-state index contributed by atoms with van der Waals surface area (Å²) in [6.07, 6.45) is -0.190. The van der Waals surface area contributed by atoms with E-state index in [2.05, 4.69) is 4.74 Å². The van der Waals surface area contributed by atoms with Gasteiger partial charge in [-0.3, -0.25) is 9.59 Å². The van der Waals surface area contributed by atoms with Gasteiger partial charge in [0.05, 0.1) is 12.9 Å². The number of nitrogens with zero attached hydrogens (tertiary/aromatic N) is 1. The smallest absolute Gasteiger partial charge is 0.321 e. The van der Waals surface area contributed by atoms with Crippen molar-refractivity contribution in [3.63, 3.8) is 0 Å². The number of carbonyl (C=O) groups excluding carboxylic acids is 1. The van der Waals surface area contributed by atoms with Gasteiger partial charge in [-0.05, 0) is 6.42 Å². The first-order valence-corrected chi connectivity index (χ1v) is 6.70. The van der Waals surface area contributed by atoms with Gasteiger partial charge in [0.15, 0.2) is 0 Å². The Balaban J connectivity index is 4.42. The molecular weight excluding hydrogens is 250 g/mol. The van der Waals surface area contributed by atoms with Gasteiger partial charge in [0.2, 0.25) is 10.0 Å². The number of carboxylic acids is 1. The van der Waals surface area contributed by atoms with Crippen molar-refractivity contribution < 1.29 is 27.9 Å². The van der Waals surface area contributed by atoms with Gasteiger partial charge >= 0.3 is 11.9 Å². The number of likely N-dealkylation sites (N-methyl/N-ethyl adjacent to an activating group) is 1. The number of hydrogen-bond donors (Lipinski definition) is 1. The first kappa shape index (κ1) is 15.9.